The van der Waals surface area contributed by atoms with Gasteiger partial charge in [-0.15, -0.1) is 0 Å². The normalized spacial score (nSPS) is 15.5. The van der Waals surface area contributed by atoms with Crippen LogP contribution < -0.4 is 8.92 Å². The van der Waals surface area contributed by atoms with E-state index in [4.69, 9.17) is 13.7 Å². The number of amides is 1. The Labute approximate surface area is 208 Å². The fraction of sp³-hybridized carbons (Fsp3) is 0.269. The second-order valence-corrected chi connectivity index (χ2v) is 9.85. The Bertz CT molecular complexity index is 1320. The number of hydrogen-bond acceptors (Lipinski definition) is 6. The summed E-state index contributed by atoms with van der Waals surface area (Å²) in [6.07, 6.45) is 1.52. The molecular weight excluding hydrogens is 492 g/mol. The van der Waals surface area contributed by atoms with E-state index in [1.54, 1.807) is 6.07 Å². The molecule has 1 amide bonds. The number of methoxy groups -OCH3 is 1. The van der Waals surface area contributed by atoms with Crippen molar-refractivity contribution in [2.24, 2.45) is 0 Å². The second-order valence-electron chi connectivity index (χ2n) is 8.31. The number of ether oxygens (including phenoxy) is 2. The molecule has 0 aliphatic carbocycles. The van der Waals surface area contributed by atoms with Crippen LogP contribution in [0.25, 0.3) is 0 Å². The van der Waals surface area contributed by atoms with E-state index in [2.05, 4.69) is 0 Å². The number of nitrogens with zero attached hydrogens (tertiary/aromatic N) is 1. The van der Waals surface area contributed by atoms with Gasteiger partial charge in [-0.25, -0.2) is 8.78 Å². The van der Waals surface area contributed by atoms with E-state index < -0.39 is 21.8 Å². The predicted octanol–water partition coefficient (Wildman–Crippen LogP) is 4.56. The van der Waals surface area contributed by atoms with Crippen LogP contribution in [0.2, 0.25) is 0 Å². The molecule has 4 rings (SSSR count). The van der Waals surface area contributed by atoms with Gasteiger partial charge in [0.05, 0.1) is 13.2 Å². The molecule has 0 radical (unpaired) electrons. The minimum Gasteiger partial charge on any atom is -0.493 e. The molecule has 0 saturated carbocycles. The number of carbonyl (C=O) groups is 1. The number of benzene rings is 3. The summed E-state index contributed by atoms with van der Waals surface area (Å²) >= 11 is 0. The van der Waals surface area contributed by atoms with Gasteiger partial charge in [-0.3, -0.25) is 4.79 Å². The van der Waals surface area contributed by atoms with Gasteiger partial charge in [-0.2, -0.15) is 8.42 Å². The third-order valence-corrected chi connectivity index (χ3v) is 6.96. The SMILES string of the molecule is COc1ccc(CN(C[C@@H]2CCCO2)C(=O)c2cccc(F)c2)cc1OS(=O)(=O)c1ccc(F)cc1. The molecule has 36 heavy (non-hydrogen) atoms. The van der Waals surface area contributed by atoms with Crippen LogP contribution in [0.3, 0.4) is 0 Å². The Hall–Kier alpha value is -3.50. The first-order valence-electron chi connectivity index (χ1n) is 11.3. The molecule has 0 aromatic heterocycles. The molecule has 1 atom stereocenters. The molecule has 10 heteroatoms. The topological polar surface area (TPSA) is 82.1 Å². The van der Waals surface area contributed by atoms with Crippen LogP contribution in [-0.4, -0.2) is 45.6 Å². The number of halogens is 2. The standard InChI is InChI=1S/C26H25F2NO6S/c1-33-24-12-7-18(14-25(24)35-36(31,32)23-10-8-20(27)9-11-23)16-29(17-22-6-3-13-34-22)26(30)19-4-2-5-21(28)15-19/h2,4-5,7-12,14-15,22H,3,6,13,16-17H2,1H3/t22-/m0/s1. The lowest BCUT2D eigenvalue weighted by Gasteiger charge is -2.26. The van der Waals surface area contributed by atoms with E-state index in [9.17, 15) is 22.0 Å². The van der Waals surface area contributed by atoms with Crippen LogP contribution in [0.1, 0.15) is 28.8 Å². The zero-order chi connectivity index (χ0) is 25.7. The van der Waals surface area contributed by atoms with Crippen LogP contribution >= 0.6 is 0 Å². The van der Waals surface area contributed by atoms with E-state index in [0.29, 0.717) is 12.2 Å². The molecule has 0 bridgehead atoms. The summed E-state index contributed by atoms with van der Waals surface area (Å²) in [5.74, 6) is -1.42. The molecule has 1 aliphatic rings. The third kappa shape index (κ3) is 6.19. The minimum absolute atomic E-state index is 0.0883. The summed E-state index contributed by atoms with van der Waals surface area (Å²) in [5.41, 5.74) is 0.750. The van der Waals surface area contributed by atoms with Gasteiger partial charge in [0.1, 0.15) is 16.5 Å². The zero-order valence-corrected chi connectivity index (χ0v) is 20.3. The van der Waals surface area contributed by atoms with Crippen LogP contribution in [-0.2, 0) is 21.4 Å². The van der Waals surface area contributed by atoms with Crippen molar-refractivity contribution in [2.75, 3.05) is 20.3 Å². The van der Waals surface area contributed by atoms with Crippen molar-refractivity contribution in [1.29, 1.82) is 0 Å². The third-order valence-electron chi connectivity index (χ3n) is 5.71. The molecule has 190 valence electrons. The summed E-state index contributed by atoms with van der Waals surface area (Å²) in [6, 6.07) is 14.3. The first-order chi connectivity index (χ1) is 17.2. The second kappa shape index (κ2) is 11.0. The monoisotopic (exact) mass is 517 g/mol. The maximum Gasteiger partial charge on any atom is 0.339 e. The summed E-state index contributed by atoms with van der Waals surface area (Å²) in [4.78, 5) is 14.6. The van der Waals surface area contributed by atoms with Crippen LogP contribution in [0.5, 0.6) is 11.5 Å². The van der Waals surface area contributed by atoms with Crippen LogP contribution in [0, 0.1) is 11.6 Å². The smallest absolute Gasteiger partial charge is 0.339 e. The Morgan fingerprint density at radius 1 is 1.03 bits per heavy atom. The minimum atomic E-state index is -4.28. The van der Waals surface area contributed by atoms with Gasteiger partial charge in [-0.05, 0) is 73.0 Å². The van der Waals surface area contributed by atoms with Gasteiger partial charge in [0, 0.05) is 25.3 Å². The average molecular weight is 518 g/mol. The highest BCUT2D eigenvalue weighted by Gasteiger charge is 2.25. The summed E-state index contributed by atoms with van der Waals surface area (Å²) in [7, 11) is -2.91. The van der Waals surface area contributed by atoms with E-state index in [0.717, 1.165) is 37.1 Å². The fourth-order valence-electron chi connectivity index (χ4n) is 3.93. The molecule has 1 fully saturated rings. The zero-order valence-electron chi connectivity index (χ0n) is 19.5. The van der Waals surface area contributed by atoms with Crippen molar-refractivity contribution in [3.05, 3.63) is 89.5 Å². The lowest BCUT2D eigenvalue weighted by molar-refractivity contribution is 0.0507. The molecule has 1 saturated heterocycles. The molecule has 0 spiro atoms. The maximum absolute atomic E-state index is 13.8. The predicted molar refractivity (Wildman–Crippen MR) is 127 cm³/mol. The molecule has 7 nitrogen and oxygen atoms in total. The average Bonchev–Trinajstić information content (AvgIpc) is 3.37. The van der Waals surface area contributed by atoms with E-state index in [1.165, 1.54) is 48.4 Å². The van der Waals surface area contributed by atoms with Crippen molar-refractivity contribution < 1.29 is 35.6 Å². The van der Waals surface area contributed by atoms with E-state index in [1.807, 2.05) is 0 Å². The molecule has 3 aromatic carbocycles. The van der Waals surface area contributed by atoms with Crippen molar-refractivity contribution in [2.45, 2.75) is 30.4 Å². The molecular formula is C26H25F2NO6S. The first-order valence-corrected chi connectivity index (χ1v) is 12.7. The van der Waals surface area contributed by atoms with Crippen molar-refractivity contribution in [3.8, 4) is 11.5 Å². The summed E-state index contributed by atoms with van der Waals surface area (Å²) < 4.78 is 68.8. The highest BCUT2D eigenvalue weighted by molar-refractivity contribution is 7.87. The van der Waals surface area contributed by atoms with Crippen LogP contribution in [0.15, 0.2) is 71.6 Å². The van der Waals surface area contributed by atoms with Gasteiger partial charge >= 0.3 is 10.1 Å². The number of carbonyl (C=O) groups excluding carboxylic acids is 1. The molecule has 3 aromatic rings. The van der Waals surface area contributed by atoms with Gasteiger partial charge < -0.3 is 18.6 Å². The quantitative estimate of drug-likeness (QED) is 0.387. The molecule has 1 aliphatic heterocycles. The fourth-order valence-corrected chi connectivity index (χ4v) is 4.86. The van der Waals surface area contributed by atoms with Gasteiger partial charge in [0.25, 0.3) is 5.91 Å². The Morgan fingerprint density at radius 2 is 1.81 bits per heavy atom. The lowest BCUT2D eigenvalue weighted by atomic mass is 10.1. The molecule has 1 heterocycles. The maximum atomic E-state index is 13.8. The van der Waals surface area contributed by atoms with Crippen molar-refractivity contribution in [1.82, 2.24) is 4.90 Å². The number of hydrogen-bond donors (Lipinski definition) is 0. The molecule has 0 N–H and O–H groups in total. The lowest BCUT2D eigenvalue weighted by Crippen LogP contribution is -2.37. The van der Waals surface area contributed by atoms with Crippen molar-refractivity contribution in [3.63, 3.8) is 0 Å². The Morgan fingerprint density at radius 3 is 2.47 bits per heavy atom. The van der Waals surface area contributed by atoms with Gasteiger partial charge in [0.2, 0.25) is 0 Å². The molecule has 0 unspecified atom stereocenters. The largest absolute Gasteiger partial charge is 0.493 e. The highest BCUT2D eigenvalue weighted by Crippen LogP contribution is 2.32. The Balaban J connectivity index is 1.61. The van der Waals surface area contributed by atoms with Gasteiger partial charge in [-0.1, -0.05) is 12.1 Å². The summed E-state index contributed by atoms with van der Waals surface area (Å²) in [5, 5.41) is 0. The number of rotatable bonds is 9. The van der Waals surface area contributed by atoms with Crippen molar-refractivity contribution >= 4 is 16.0 Å². The Kier molecular flexibility index (Phi) is 7.85. The van der Waals surface area contributed by atoms with E-state index in [-0.39, 0.29) is 47.1 Å². The van der Waals surface area contributed by atoms with Gasteiger partial charge in [0.15, 0.2) is 11.5 Å². The van der Waals surface area contributed by atoms with Crippen LogP contribution in [0.4, 0.5) is 8.78 Å². The highest BCUT2D eigenvalue weighted by atomic mass is 32.2. The summed E-state index contributed by atoms with van der Waals surface area (Å²) in [6.45, 7) is 0.978. The first kappa shape index (κ1) is 25.6. The van der Waals surface area contributed by atoms with E-state index >= 15 is 0 Å².